The number of carboxylic acid groups (broad SMARTS) is 1. The molecule has 1 heterocycles. The average Bonchev–Trinajstić information content (AvgIpc) is 2.87. The number of nitrogens with one attached hydrogen (secondary N) is 1. The van der Waals surface area contributed by atoms with Gasteiger partial charge in [0.1, 0.15) is 0 Å². The molecule has 7 heteroatoms. The standard InChI is InChI=1S/C12H11BrN2O4/c13-8-4-2-1-3-7(8)6-14-11(16)10-5-9(12(17)18)15-19-10/h1-4,10H,5-6H2,(H,14,16)(H,17,18). The molecule has 0 saturated carbocycles. The summed E-state index contributed by atoms with van der Waals surface area (Å²) in [5.74, 6) is -1.54. The molecule has 1 atom stereocenters. The lowest BCUT2D eigenvalue weighted by Crippen LogP contribution is -2.34. The molecule has 0 aromatic heterocycles. The second-order valence-corrected chi connectivity index (χ2v) is 4.80. The van der Waals surface area contributed by atoms with Crippen molar-refractivity contribution in [3.8, 4) is 0 Å². The molecule has 1 amide bonds. The van der Waals surface area contributed by atoms with E-state index in [0.29, 0.717) is 6.54 Å². The van der Waals surface area contributed by atoms with Gasteiger partial charge in [-0.2, -0.15) is 0 Å². The van der Waals surface area contributed by atoms with E-state index >= 15 is 0 Å². The Labute approximate surface area is 117 Å². The molecule has 6 nitrogen and oxygen atoms in total. The zero-order valence-electron chi connectivity index (χ0n) is 9.80. The lowest BCUT2D eigenvalue weighted by atomic mass is 10.1. The van der Waals surface area contributed by atoms with E-state index in [-0.39, 0.29) is 18.0 Å². The lowest BCUT2D eigenvalue weighted by molar-refractivity contribution is -0.131. The van der Waals surface area contributed by atoms with E-state index < -0.39 is 12.1 Å². The Morgan fingerprint density at radius 1 is 1.47 bits per heavy atom. The number of aliphatic carboxylic acids is 1. The van der Waals surface area contributed by atoms with Crippen molar-refractivity contribution >= 4 is 33.5 Å². The molecule has 100 valence electrons. The summed E-state index contributed by atoms with van der Waals surface area (Å²) in [6.07, 6.45) is -0.884. The average molecular weight is 327 g/mol. The number of benzene rings is 1. The van der Waals surface area contributed by atoms with Gasteiger partial charge in [0, 0.05) is 17.4 Å². The Bertz CT molecular complexity index is 544. The minimum absolute atomic E-state index is 0.0167. The van der Waals surface area contributed by atoms with Gasteiger partial charge in [0.05, 0.1) is 0 Å². The number of carboxylic acids is 1. The number of rotatable bonds is 4. The van der Waals surface area contributed by atoms with Crippen LogP contribution in [-0.2, 0) is 21.0 Å². The molecule has 1 aromatic carbocycles. The molecule has 2 rings (SSSR count). The highest BCUT2D eigenvalue weighted by Gasteiger charge is 2.31. The van der Waals surface area contributed by atoms with E-state index in [1.165, 1.54) is 0 Å². The van der Waals surface area contributed by atoms with E-state index in [0.717, 1.165) is 10.0 Å². The maximum absolute atomic E-state index is 11.8. The maximum Gasteiger partial charge on any atom is 0.353 e. The molecule has 0 aliphatic carbocycles. The minimum Gasteiger partial charge on any atom is -0.477 e. The molecule has 19 heavy (non-hydrogen) atoms. The Balaban J connectivity index is 1.87. The third-order valence-electron chi connectivity index (χ3n) is 2.62. The summed E-state index contributed by atoms with van der Waals surface area (Å²) in [5.41, 5.74) is 0.786. The third kappa shape index (κ3) is 3.31. The van der Waals surface area contributed by atoms with Crippen LogP contribution in [0.2, 0.25) is 0 Å². The Morgan fingerprint density at radius 2 is 2.21 bits per heavy atom. The van der Waals surface area contributed by atoms with Crippen molar-refractivity contribution in [2.24, 2.45) is 5.16 Å². The fraction of sp³-hybridized carbons (Fsp3) is 0.250. The third-order valence-corrected chi connectivity index (χ3v) is 3.39. The van der Waals surface area contributed by atoms with Crippen LogP contribution in [0.25, 0.3) is 0 Å². The van der Waals surface area contributed by atoms with Crippen LogP contribution in [0.1, 0.15) is 12.0 Å². The highest BCUT2D eigenvalue weighted by Crippen LogP contribution is 2.16. The van der Waals surface area contributed by atoms with E-state index in [2.05, 4.69) is 26.4 Å². The van der Waals surface area contributed by atoms with E-state index in [1.807, 2.05) is 24.3 Å². The topological polar surface area (TPSA) is 88.0 Å². The summed E-state index contributed by atoms with van der Waals surface area (Å²) in [6.45, 7) is 0.336. The van der Waals surface area contributed by atoms with Crippen LogP contribution in [0.3, 0.4) is 0 Å². The van der Waals surface area contributed by atoms with Gasteiger partial charge in [0.15, 0.2) is 5.71 Å². The van der Waals surface area contributed by atoms with Crippen molar-refractivity contribution in [2.75, 3.05) is 0 Å². The number of carbonyl (C=O) groups excluding carboxylic acids is 1. The monoisotopic (exact) mass is 326 g/mol. The van der Waals surface area contributed by atoms with Crippen LogP contribution >= 0.6 is 15.9 Å². The van der Waals surface area contributed by atoms with Crippen molar-refractivity contribution < 1.29 is 19.5 Å². The van der Waals surface area contributed by atoms with Gasteiger partial charge in [0.25, 0.3) is 5.91 Å². The molecule has 1 aromatic rings. The summed E-state index contributed by atoms with van der Waals surface area (Å²) in [6, 6.07) is 7.49. The minimum atomic E-state index is -1.17. The van der Waals surface area contributed by atoms with Crippen LogP contribution in [-0.4, -0.2) is 28.8 Å². The van der Waals surface area contributed by atoms with Crippen LogP contribution in [0.5, 0.6) is 0 Å². The molecule has 1 aliphatic heterocycles. The van der Waals surface area contributed by atoms with Crippen LogP contribution in [0, 0.1) is 0 Å². The number of carbonyl (C=O) groups is 2. The number of amides is 1. The number of halogens is 1. The first-order chi connectivity index (χ1) is 9.08. The number of hydrogen-bond acceptors (Lipinski definition) is 4. The van der Waals surface area contributed by atoms with E-state index in [1.54, 1.807) is 0 Å². The second-order valence-electron chi connectivity index (χ2n) is 3.95. The first kappa shape index (κ1) is 13.5. The van der Waals surface area contributed by atoms with Gasteiger partial charge in [-0.15, -0.1) is 0 Å². The Kier molecular flexibility index (Phi) is 4.16. The van der Waals surface area contributed by atoms with Crippen LogP contribution in [0.15, 0.2) is 33.9 Å². The second kappa shape index (κ2) is 5.83. The molecule has 2 N–H and O–H groups in total. The number of nitrogens with zero attached hydrogens (tertiary/aromatic N) is 1. The van der Waals surface area contributed by atoms with Crippen molar-refractivity contribution in [2.45, 2.75) is 19.1 Å². The molecule has 0 radical (unpaired) electrons. The van der Waals surface area contributed by atoms with Crippen molar-refractivity contribution in [1.82, 2.24) is 5.32 Å². The molecule has 0 fully saturated rings. The lowest BCUT2D eigenvalue weighted by Gasteiger charge is -2.10. The van der Waals surface area contributed by atoms with Crippen LogP contribution < -0.4 is 5.32 Å². The zero-order valence-corrected chi connectivity index (χ0v) is 11.4. The summed E-state index contributed by atoms with van der Waals surface area (Å²) >= 11 is 3.38. The predicted octanol–water partition coefficient (Wildman–Crippen LogP) is 1.29. The fourth-order valence-corrected chi connectivity index (χ4v) is 2.01. The van der Waals surface area contributed by atoms with Gasteiger partial charge < -0.3 is 15.3 Å². The van der Waals surface area contributed by atoms with Gasteiger partial charge in [0.2, 0.25) is 6.10 Å². The maximum atomic E-state index is 11.8. The van der Waals surface area contributed by atoms with Crippen LogP contribution in [0.4, 0.5) is 0 Å². The molecule has 0 spiro atoms. The van der Waals surface area contributed by atoms with Crippen molar-refractivity contribution in [3.63, 3.8) is 0 Å². The summed E-state index contributed by atoms with van der Waals surface area (Å²) in [7, 11) is 0. The van der Waals surface area contributed by atoms with E-state index in [4.69, 9.17) is 9.94 Å². The predicted molar refractivity (Wildman–Crippen MR) is 70.5 cm³/mol. The highest BCUT2D eigenvalue weighted by atomic mass is 79.9. The van der Waals surface area contributed by atoms with Crippen molar-refractivity contribution in [3.05, 3.63) is 34.3 Å². The molecular formula is C12H11BrN2O4. The Hall–Kier alpha value is -1.89. The van der Waals surface area contributed by atoms with Crippen molar-refractivity contribution in [1.29, 1.82) is 0 Å². The van der Waals surface area contributed by atoms with Gasteiger partial charge in [-0.25, -0.2) is 4.79 Å². The SMILES string of the molecule is O=C(O)C1=NOC(C(=O)NCc2ccccc2Br)C1. The fourth-order valence-electron chi connectivity index (χ4n) is 1.58. The Morgan fingerprint density at radius 3 is 2.84 bits per heavy atom. The summed E-state index contributed by atoms with van der Waals surface area (Å²) in [5, 5.41) is 14.7. The zero-order chi connectivity index (χ0) is 13.8. The van der Waals surface area contributed by atoms with Gasteiger partial charge in [-0.3, -0.25) is 4.79 Å². The highest BCUT2D eigenvalue weighted by molar-refractivity contribution is 9.10. The van der Waals surface area contributed by atoms with Gasteiger partial charge in [-0.05, 0) is 11.6 Å². The van der Waals surface area contributed by atoms with Gasteiger partial charge in [-0.1, -0.05) is 39.3 Å². The largest absolute Gasteiger partial charge is 0.477 e. The molecular weight excluding hydrogens is 316 g/mol. The smallest absolute Gasteiger partial charge is 0.353 e. The molecule has 0 saturated heterocycles. The normalized spacial score (nSPS) is 17.5. The number of hydrogen-bond donors (Lipinski definition) is 2. The summed E-state index contributed by atoms with van der Waals surface area (Å²) < 4.78 is 0.894. The molecule has 0 bridgehead atoms. The van der Waals surface area contributed by atoms with E-state index in [9.17, 15) is 9.59 Å². The molecule has 1 aliphatic rings. The van der Waals surface area contributed by atoms with Gasteiger partial charge >= 0.3 is 5.97 Å². The first-order valence-corrected chi connectivity index (χ1v) is 6.34. The number of oxime groups is 1. The molecule has 1 unspecified atom stereocenters. The quantitative estimate of drug-likeness (QED) is 0.872. The first-order valence-electron chi connectivity index (χ1n) is 5.55. The summed E-state index contributed by atoms with van der Waals surface area (Å²) in [4.78, 5) is 27.2.